The molecule has 0 fully saturated rings. The summed E-state index contributed by atoms with van der Waals surface area (Å²) >= 11 is 5.70. The Kier molecular flexibility index (Phi) is 7.13. The van der Waals surface area contributed by atoms with Gasteiger partial charge in [0.1, 0.15) is 11.7 Å². The van der Waals surface area contributed by atoms with Crippen molar-refractivity contribution in [1.29, 1.82) is 0 Å². The van der Waals surface area contributed by atoms with Crippen molar-refractivity contribution in [1.82, 2.24) is 5.32 Å². The van der Waals surface area contributed by atoms with Crippen LogP contribution in [0.3, 0.4) is 0 Å². The van der Waals surface area contributed by atoms with E-state index in [-0.39, 0.29) is 13.0 Å². The van der Waals surface area contributed by atoms with Crippen molar-refractivity contribution in [2.45, 2.75) is 50.9 Å². The summed E-state index contributed by atoms with van der Waals surface area (Å²) in [7, 11) is 0. The molecule has 1 amide bonds. The molecule has 0 saturated heterocycles. The summed E-state index contributed by atoms with van der Waals surface area (Å²) < 4.78 is 5.08. The Morgan fingerprint density at radius 3 is 2.36 bits per heavy atom. The van der Waals surface area contributed by atoms with Gasteiger partial charge in [0, 0.05) is 12.4 Å². The van der Waals surface area contributed by atoms with Gasteiger partial charge in [-0.05, 0) is 38.3 Å². The number of carbonyl (C=O) groups is 1. The average molecular weight is 330 g/mol. The highest BCUT2D eigenvalue weighted by Gasteiger charge is 2.19. The van der Waals surface area contributed by atoms with Gasteiger partial charge < -0.3 is 20.3 Å². The van der Waals surface area contributed by atoms with E-state index in [2.05, 4.69) is 5.32 Å². The second-order valence-electron chi connectivity index (χ2n) is 6.10. The Balaban J connectivity index is 2.40. The van der Waals surface area contributed by atoms with Crippen LogP contribution in [0.1, 0.15) is 44.4 Å². The second kappa shape index (κ2) is 8.36. The molecule has 0 aliphatic carbocycles. The molecule has 1 rings (SSSR count). The number of alkyl carbamates (subject to hydrolysis) is 1. The summed E-state index contributed by atoms with van der Waals surface area (Å²) in [6.07, 6.45) is -2.31. The lowest BCUT2D eigenvalue weighted by Gasteiger charge is -2.21. The molecule has 0 spiro atoms. The molecule has 5 nitrogen and oxygen atoms in total. The largest absolute Gasteiger partial charge is 0.444 e. The molecule has 0 aromatic heterocycles. The summed E-state index contributed by atoms with van der Waals surface area (Å²) in [5.41, 5.74) is 0.990. The van der Waals surface area contributed by atoms with Crippen LogP contribution in [0.25, 0.3) is 0 Å². The zero-order valence-corrected chi connectivity index (χ0v) is 13.9. The molecule has 0 aliphatic rings. The average Bonchev–Trinajstić information content (AvgIpc) is 2.44. The van der Waals surface area contributed by atoms with E-state index in [1.54, 1.807) is 45.0 Å². The lowest BCUT2D eigenvalue weighted by atomic mass is 10.0. The van der Waals surface area contributed by atoms with Crippen LogP contribution < -0.4 is 5.32 Å². The third-order valence-electron chi connectivity index (χ3n) is 2.95. The second-order valence-corrected chi connectivity index (χ2v) is 6.37. The fourth-order valence-electron chi connectivity index (χ4n) is 1.82. The molecule has 0 radical (unpaired) electrons. The van der Waals surface area contributed by atoms with Crippen LogP contribution in [-0.4, -0.2) is 34.6 Å². The number of halogens is 1. The molecule has 124 valence electrons. The van der Waals surface area contributed by atoms with Gasteiger partial charge in [0.2, 0.25) is 0 Å². The van der Waals surface area contributed by atoms with Crippen molar-refractivity contribution in [2.24, 2.45) is 0 Å². The first-order valence-corrected chi connectivity index (χ1v) is 7.74. The number of benzene rings is 1. The molecule has 0 aliphatic heterocycles. The lowest BCUT2D eigenvalue weighted by molar-refractivity contribution is 0.0123. The van der Waals surface area contributed by atoms with E-state index >= 15 is 0 Å². The first kappa shape index (κ1) is 18.7. The number of hydrogen-bond donors (Lipinski definition) is 3. The highest BCUT2D eigenvalue weighted by molar-refractivity contribution is 6.17. The van der Waals surface area contributed by atoms with E-state index in [9.17, 15) is 15.0 Å². The van der Waals surface area contributed by atoms with Gasteiger partial charge in [-0.1, -0.05) is 24.3 Å². The maximum absolute atomic E-state index is 11.5. The normalized spacial score (nSPS) is 14.3. The number of aliphatic hydroxyl groups excluding tert-OH is 2. The van der Waals surface area contributed by atoms with Gasteiger partial charge in [-0.2, -0.15) is 0 Å². The summed E-state index contributed by atoms with van der Waals surface area (Å²) in [4.78, 5) is 11.5. The number of hydrogen-bond acceptors (Lipinski definition) is 4. The summed E-state index contributed by atoms with van der Waals surface area (Å²) in [6, 6.07) is 7.06. The Morgan fingerprint density at radius 2 is 1.86 bits per heavy atom. The molecule has 1 aromatic carbocycles. The highest BCUT2D eigenvalue weighted by Crippen LogP contribution is 2.19. The van der Waals surface area contributed by atoms with E-state index in [1.807, 2.05) is 0 Å². The Hall–Kier alpha value is -1.30. The minimum atomic E-state index is -1.01. The summed E-state index contributed by atoms with van der Waals surface area (Å²) in [5, 5.41) is 22.6. The minimum absolute atomic E-state index is 0.215. The van der Waals surface area contributed by atoms with Crippen molar-refractivity contribution < 1.29 is 19.7 Å². The Bertz CT molecular complexity index is 470. The standard InChI is InChI=1S/C16H24ClNO4/c1-16(2,3)22-15(21)18-9-8-13(19)14(20)12-6-4-11(10-17)5-7-12/h4-7,13-14,19-20H,8-10H2,1-3H3,(H,18,21). The van der Waals surface area contributed by atoms with Gasteiger partial charge in [-0.3, -0.25) is 0 Å². The van der Waals surface area contributed by atoms with Gasteiger partial charge in [-0.25, -0.2) is 4.79 Å². The number of carbonyl (C=O) groups excluding carboxylic acids is 1. The summed E-state index contributed by atoms with van der Waals surface area (Å²) in [6.45, 7) is 5.54. The highest BCUT2D eigenvalue weighted by atomic mass is 35.5. The molecule has 3 N–H and O–H groups in total. The number of rotatable bonds is 6. The lowest BCUT2D eigenvalue weighted by Crippen LogP contribution is -2.34. The molecule has 6 heteroatoms. The van der Waals surface area contributed by atoms with Crippen LogP contribution in [-0.2, 0) is 10.6 Å². The van der Waals surface area contributed by atoms with Gasteiger partial charge >= 0.3 is 6.09 Å². The van der Waals surface area contributed by atoms with Crippen LogP contribution in [0.15, 0.2) is 24.3 Å². The number of nitrogens with one attached hydrogen (secondary N) is 1. The van der Waals surface area contributed by atoms with Crippen LogP contribution in [0.5, 0.6) is 0 Å². The predicted octanol–water partition coefficient (Wildman–Crippen LogP) is 2.73. The van der Waals surface area contributed by atoms with Crippen LogP contribution in [0.4, 0.5) is 4.79 Å². The predicted molar refractivity (Wildman–Crippen MR) is 85.8 cm³/mol. The van der Waals surface area contributed by atoms with Gasteiger partial charge in [0.05, 0.1) is 6.10 Å². The number of aliphatic hydroxyl groups is 2. The maximum Gasteiger partial charge on any atom is 0.407 e. The van der Waals surface area contributed by atoms with Gasteiger partial charge in [0.25, 0.3) is 0 Å². The third kappa shape index (κ3) is 6.64. The van der Waals surface area contributed by atoms with E-state index in [0.717, 1.165) is 5.56 Å². The van der Waals surface area contributed by atoms with Crippen LogP contribution in [0, 0.1) is 0 Å². The van der Waals surface area contributed by atoms with Crippen molar-refractivity contribution >= 4 is 17.7 Å². The number of amides is 1. The van der Waals surface area contributed by atoms with Gasteiger partial charge in [-0.15, -0.1) is 11.6 Å². The monoisotopic (exact) mass is 329 g/mol. The zero-order chi connectivity index (χ0) is 16.8. The van der Waals surface area contributed by atoms with E-state index in [4.69, 9.17) is 16.3 Å². The first-order chi connectivity index (χ1) is 10.2. The van der Waals surface area contributed by atoms with E-state index < -0.39 is 23.9 Å². The van der Waals surface area contributed by atoms with Gasteiger partial charge in [0.15, 0.2) is 0 Å². The minimum Gasteiger partial charge on any atom is -0.444 e. The van der Waals surface area contributed by atoms with Crippen LogP contribution in [0.2, 0.25) is 0 Å². The van der Waals surface area contributed by atoms with Crippen molar-refractivity contribution in [3.05, 3.63) is 35.4 Å². The molecule has 2 unspecified atom stereocenters. The Morgan fingerprint density at radius 1 is 1.27 bits per heavy atom. The first-order valence-electron chi connectivity index (χ1n) is 7.20. The Labute approximate surface area is 136 Å². The maximum atomic E-state index is 11.5. The molecular formula is C16H24ClNO4. The smallest absolute Gasteiger partial charge is 0.407 e. The van der Waals surface area contributed by atoms with Crippen LogP contribution >= 0.6 is 11.6 Å². The topological polar surface area (TPSA) is 78.8 Å². The molecule has 2 atom stereocenters. The molecule has 0 bridgehead atoms. The van der Waals surface area contributed by atoms with Crippen molar-refractivity contribution in [2.75, 3.05) is 6.54 Å². The van der Waals surface area contributed by atoms with E-state index in [0.29, 0.717) is 11.4 Å². The molecule has 1 aromatic rings. The molecule has 0 saturated carbocycles. The van der Waals surface area contributed by atoms with E-state index in [1.165, 1.54) is 0 Å². The number of alkyl halides is 1. The summed E-state index contributed by atoms with van der Waals surface area (Å²) in [5.74, 6) is 0.402. The van der Waals surface area contributed by atoms with Crippen molar-refractivity contribution in [3.63, 3.8) is 0 Å². The third-order valence-corrected chi connectivity index (χ3v) is 3.26. The fraction of sp³-hybridized carbons (Fsp3) is 0.562. The molecule has 0 heterocycles. The molecular weight excluding hydrogens is 306 g/mol. The fourth-order valence-corrected chi connectivity index (χ4v) is 2.00. The zero-order valence-electron chi connectivity index (χ0n) is 13.2. The SMILES string of the molecule is CC(C)(C)OC(=O)NCCC(O)C(O)c1ccc(CCl)cc1. The number of ether oxygens (including phenoxy) is 1. The van der Waals surface area contributed by atoms with Crippen molar-refractivity contribution in [3.8, 4) is 0 Å². The molecule has 22 heavy (non-hydrogen) atoms. The quantitative estimate of drug-likeness (QED) is 0.701.